The van der Waals surface area contributed by atoms with E-state index in [-0.39, 0.29) is 17.9 Å². The largest absolute Gasteiger partial charge is 0.463 e. The third-order valence-electron chi connectivity index (χ3n) is 3.92. The van der Waals surface area contributed by atoms with Gasteiger partial charge in [0.25, 0.3) is 0 Å². The molecule has 1 saturated heterocycles. The molecule has 1 N–H and O–H groups in total. The normalized spacial score (nSPS) is 21.7. The van der Waals surface area contributed by atoms with Crippen LogP contribution >= 0.6 is 0 Å². The van der Waals surface area contributed by atoms with Crippen LogP contribution in [0.4, 0.5) is 0 Å². The van der Waals surface area contributed by atoms with Crippen LogP contribution in [0.3, 0.4) is 0 Å². The third kappa shape index (κ3) is 3.22. The Hall–Kier alpha value is -1.33. The summed E-state index contributed by atoms with van der Waals surface area (Å²) in [6, 6.07) is 2.04. The van der Waals surface area contributed by atoms with Crippen LogP contribution < -0.4 is 0 Å². The number of hydrogen-bond acceptors (Lipinski definition) is 5. The molecule has 0 aliphatic carbocycles. The fourth-order valence-corrected chi connectivity index (χ4v) is 2.88. The molecule has 1 aliphatic rings. The summed E-state index contributed by atoms with van der Waals surface area (Å²) in [5.74, 6) is 0.572. The minimum Gasteiger partial charge on any atom is -0.463 e. The standard InChI is InChI=1S/C15H23NO4/c1-10-8-12(20-14(10)15(18)19-3)9-16-7-5-4-6-13(16)11(2)17/h8,11,13,17H,4-7,9H2,1-3H3. The van der Waals surface area contributed by atoms with E-state index >= 15 is 0 Å². The second kappa shape index (κ2) is 6.41. The van der Waals surface area contributed by atoms with E-state index in [4.69, 9.17) is 9.15 Å². The molecule has 0 bridgehead atoms. The van der Waals surface area contributed by atoms with Crippen LogP contribution in [0.5, 0.6) is 0 Å². The van der Waals surface area contributed by atoms with Crippen LogP contribution in [-0.4, -0.2) is 41.8 Å². The Bertz CT molecular complexity index is 466. The molecule has 2 rings (SSSR count). The van der Waals surface area contributed by atoms with Crippen molar-refractivity contribution in [1.82, 2.24) is 4.90 Å². The molecule has 5 nitrogen and oxygen atoms in total. The lowest BCUT2D eigenvalue weighted by Crippen LogP contribution is -2.45. The molecular formula is C15H23NO4. The van der Waals surface area contributed by atoms with Crippen LogP contribution in [0.15, 0.2) is 10.5 Å². The van der Waals surface area contributed by atoms with Crippen molar-refractivity contribution < 1.29 is 19.1 Å². The Morgan fingerprint density at radius 3 is 3.00 bits per heavy atom. The van der Waals surface area contributed by atoms with Gasteiger partial charge in [0.1, 0.15) is 5.76 Å². The van der Waals surface area contributed by atoms with Gasteiger partial charge in [-0.1, -0.05) is 6.42 Å². The number of likely N-dealkylation sites (tertiary alicyclic amines) is 1. The first-order valence-corrected chi connectivity index (χ1v) is 7.12. The number of ether oxygens (including phenoxy) is 1. The minimum atomic E-state index is -0.445. The Kier molecular flexibility index (Phi) is 4.83. The molecule has 1 aliphatic heterocycles. The van der Waals surface area contributed by atoms with Crippen molar-refractivity contribution in [2.24, 2.45) is 0 Å². The van der Waals surface area contributed by atoms with Crippen molar-refractivity contribution in [3.8, 4) is 0 Å². The molecule has 1 aromatic rings. The average Bonchev–Trinajstić information content (AvgIpc) is 2.79. The van der Waals surface area contributed by atoms with Gasteiger partial charge in [-0.2, -0.15) is 0 Å². The molecule has 0 saturated carbocycles. The van der Waals surface area contributed by atoms with Crippen LogP contribution in [-0.2, 0) is 11.3 Å². The van der Waals surface area contributed by atoms with E-state index in [1.165, 1.54) is 7.11 Å². The molecule has 5 heteroatoms. The van der Waals surface area contributed by atoms with Gasteiger partial charge in [-0.05, 0) is 39.3 Å². The first-order chi connectivity index (χ1) is 9.52. The van der Waals surface area contributed by atoms with Crippen molar-refractivity contribution in [2.45, 2.75) is 51.8 Å². The zero-order valence-electron chi connectivity index (χ0n) is 12.4. The maximum atomic E-state index is 11.5. The molecule has 0 radical (unpaired) electrons. The first-order valence-electron chi connectivity index (χ1n) is 7.12. The molecule has 112 valence electrons. The maximum Gasteiger partial charge on any atom is 0.374 e. The van der Waals surface area contributed by atoms with E-state index in [1.807, 2.05) is 19.9 Å². The van der Waals surface area contributed by atoms with Gasteiger partial charge in [0, 0.05) is 11.6 Å². The summed E-state index contributed by atoms with van der Waals surface area (Å²) < 4.78 is 10.3. The number of aliphatic hydroxyl groups is 1. The van der Waals surface area contributed by atoms with Gasteiger partial charge in [0.05, 0.1) is 19.8 Å². The number of nitrogens with zero attached hydrogens (tertiary/aromatic N) is 1. The number of aryl methyl sites for hydroxylation is 1. The zero-order valence-corrected chi connectivity index (χ0v) is 12.4. The summed E-state index contributed by atoms with van der Waals surface area (Å²) in [4.78, 5) is 13.8. The average molecular weight is 281 g/mol. The van der Waals surface area contributed by atoms with Gasteiger partial charge >= 0.3 is 5.97 Å². The number of hydrogen-bond donors (Lipinski definition) is 1. The van der Waals surface area contributed by atoms with Gasteiger partial charge in [-0.3, -0.25) is 4.90 Å². The second-order valence-electron chi connectivity index (χ2n) is 5.49. The minimum absolute atomic E-state index is 0.163. The number of methoxy groups -OCH3 is 1. The Morgan fingerprint density at radius 1 is 1.60 bits per heavy atom. The van der Waals surface area contributed by atoms with E-state index in [9.17, 15) is 9.90 Å². The SMILES string of the molecule is COC(=O)c1oc(CN2CCCCC2C(C)O)cc1C. The molecule has 1 fully saturated rings. The molecule has 0 spiro atoms. The van der Waals surface area contributed by atoms with Gasteiger partial charge in [0.15, 0.2) is 0 Å². The third-order valence-corrected chi connectivity index (χ3v) is 3.92. The zero-order chi connectivity index (χ0) is 14.7. The van der Waals surface area contributed by atoms with E-state index in [0.717, 1.165) is 37.1 Å². The number of piperidine rings is 1. The lowest BCUT2D eigenvalue weighted by atomic mass is 9.98. The summed E-state index contributed by atoms with van der Waals surface area (Å²) in [6.07, 6.45) is 2.93. The quantitative estimate of drug-likeness (QED) is 0.856. The lowest BCUT2D eigenvalue weighted by Gasteiger charge is -2.36. The van der Waals surface area contributed by atoms with Crippen LogP contribution in [0, 0.1) is 6.92 Å². The van der Waals surface area contributed by atoms with E-state index < -0.39 is 5.97 Å². The number of rotatable bonds is 4. The van der Waals surface area contributed by atoms with E-state index in [1.54, 1.807) is 0 Å². The van der Waals surface area contributed by atoms with Gasteiger partial charge in [-0.25, -0.2) is 4.79 Å². The van der Waals surface area contributed by atoms with Gasteiger partial charge < -0.3 is 14.3 Å². The maximum absolute atomic E-state index is 11.5. The smallest absolute Gasteiger partial charge is 0.374 e. The highest BCUT2D eigenvalue weighted by Gasteiger charge is 2.27. The highest BCUT2D eigenvalue weighted by atomic mass is 16.5. The Balaban J connectivity index is 2.10. The monoisotopic (exact) mass is 281 g/mol. The highest BCUT2D eigenvalue weighted by Crippen LogP contribution is 2.24. The molecule has 1 aromatic heterocycles. The number of esters is 1. The molecule has 0 amide bonds. The van der Waals surface area contributed by atoms with Crippen molar-refractivity contribution in [3.05, 3.63) is 23.2 Å². The summed E-state index contributed by atoms with van der Waals surface area (Å²) in [6.45, 7) is 5.23. The Labute approximate surface area is 119 Å². The molecule has 2 unspecified atom stereocenters. The first kappa shape index (κ1) is 15.1. The van der Waals surface area contributed by atoms with Gasteiger partial charge in [-0.15, -0.1) is 0 Å². The topological polar surface area (TPSA) is 62.9 Å². The molecular weight excluding hydrogens is 258 g/mol. The fourth-order valence-electron chi connectivity index (χ4n) is 2.88. The van der Waals surface area contributed by atoms with E-state index in [2.05, 4.69) is 4.90 Å². The highest BCUT2D eigenvalue weighted by molar-refractivity contribution is 5.87. The van der Waals surface area contributed by atoms with Gasteiger partial charge in [0.2, 0.25) is 5.76 Å². The van der Waals surface area contributed by atoms with Crippen molar-refractivity contribution >= 4 is 5.97 Å². The lowest BCUT2D eigenvalue weighted by molar-refractivity contribution is 0.0272. The number of carbonyl (C=O) groups excluding carboxylic acids is 1. The van der Waals surface area contributed by atoms with Crippen LogP contribution in [0.25, 0.3) is 0 Å². The summed E-state index contributed by atoms with van der Waals surface area (Å²) in [7, 11) is 1.35. The Morgan fingerprint density at radius 2 is 2.35 bits per heavy atom. The summed E-state index contributed by atoms with van der Waals surface area (Å²) in [5.41, 5.74) is 0.789. The molecule has 2 heterocycles. The predicted molar refractivity (Wildman–Crippen MR) is 74.5 cm³/mol. The molecule has 2 atom stereocenters. The summed E-state index contributed by atoms with van der Waals surface area (Å²) in [5, 5.41) is 9.87. The van der Waals surface area contributed by atoms with Crippen LogP contribution in [0.2, 0.25) is 0 Å². The second-order valence-corrected chi connectivity index (χ2v) is 5.49. The number of aliphatic hydroxyl groups excluding tert-OH is 1. The number of carbonyl (C=O) groups is 1. The summed E-state index contributed by atoms with van der Waals surface area (Å²) >= 11 is 0. The van der Waals surface area contributed by atoms with E-state index in [0.29, 0.717) is 6.54 Å². The number of furan rings is 1. The van der Waals surface area contributed by atoms with Crippen molar-refractivity contribution in [2.75, 3.05) is 13.7 Å². The predicted octanol–water partition coefficient (Wildman–Crippen LogP) is 2.11. The van der Waals surface area contributed by atoms with Crippen molar-refractivity contribution in [1.29, 1.82) is 0 Å². The van der Waals surface area contributed by atoms with Crippen LogP contribution in [0.1, 0.15) is 48.1 Å². The molecule has 20 heavy (non-hydrogen) atoms. The van der Waals surface area contributed by atoms with Crippen molar-refractivity contribution in [3.63, 3.8) is 0 Å². The fraction of sp³-hybridized carbons (Fsp3) is 0.667. The molecule has 0 aromatic carbocycles.